The third kappa shape index (κ3) is 5.78. The molecule has 0 atom stereocenters. The van der Waals surface area contributed by atoms with Gasteiger partial charge in [0.15, 0.2) is 11.5 Å². The van der Waals surface area contributed by atoms with Gasteiger partial charge in [0, 0.05) is 10.6 Å². The minimum Gasteiger partial charge on any atom is -0.490 e. The topological polar surface area (TPSA) is 84.9 Å². The fourth-order valence-electron chi connectivity index (χ4n) is 3.71. The third-order valence-corrected chi connectivity index (χ3v) is 6.52. The second-order valence-corrected chi connectivity index (χ2v) is 9.63. The minimum absolute atomic E-state index is 0.0138. The third-order valence-electron chi connectivity index (χ3n) is 5.49. The van der Waals surface area contributed by atoms with Crippen molar-refractivity contribution in [3.8, 4) is 11.5 Å². The van der Waals surface area contributed by atoms with E-state index >= 15 is 0 Å². The standard InChI is InChI=1S/C27H21ClFIN2O5/c1-3-36-23-12-16(11-21(30)24(23)37-14-17-6-4-5-7-20(17)29)10-19-25(33)31-27(35)32(26(19)34)22-13-18(28)9-8-15(22)2/h4-13H,3,14H2,1-2H3,(H,31,33,35)/b19-10+. The molecule has 0 aromatic heterocycles. The molecule has 37 heavy (non-hydrogen) atoms. The highest BCUT2D eigenvalue weighted by Crippen LogP contribution is 2.36. The molecular weight excluding hydrogens is 614 g/mol. The largest absolute Gasteiger partial charge is 0.490 e. The van der Waals surface area contributed by atoms with Gasteiger partial charge < -0.3 is 9.47 Å². The Bertz CT molecular complexity index is 1440. The summed E-state index contributed by atoms with van der Waals surface area (Å²) in [5.74, 6) is -1.23. The van der Waals surface area contributed by atoms with Crippen LogP contribution < -0.4 is 19.7 Å². The number of hydrogen-bond acceptors (Lipinski definition) is 5. The number of barbiturate groups is 1. The monoisotopic (exact) mass is 634 g/mol. The van der Waals surface area contributed by atoms with Crippen molar-refractivity contribution in [3.05, 3.63) is 91.3 Å². The van der Waals surface area contributed by atoms with E-state index in [1.54, 1.807) is 56.3 Å². The Morgan fingerprint density at radius 1 is 1.08 bits per heavy atom. The highest BCUT2D eigenvalue weighted by atomic mass is 127. The summed E-state index contributed by atoms with van der Waals surface area (Å²) in [6, 6.07) is 13.5. The molecule has 0 radical (unpaired) electrons. The van der Waals surface area contributed by atoms with E-state index in [0.717, 1.165) is 4.90 Å². The number of halogens is 3. The molecule has 10 heteroatoms. The zero-order chi connectivity index (χ0) is 26.7. The van der Waals surface area contributed by atoms with Crippen molar-refractivity contribution in [2.45, 2.75) is 20.5 Å². The SMILES string of the molecule is CCOc1cc(/C=C2\C(=O)NC(=O)N(c3cc(Cl)ccc3C)C2=O)cc(I)c1OCc1ccccc1F. The van der Waals surface area contributed by atoms with Crippen molar-refractivity contribution in [2.24, 2.45) is 0 Å². The maximum Gasteiger partial charge on any atom is 0.335 e. The van der Waals surface area contributed by atoms with Gasteiger partial charge in [0.05, 0.1) is 15.9 Å². The molecule has 0 unspecified atom stereocenters. The van der Waals surface area contributed by atoms with E-state index in [4.69, 9.17) is 21.1 Å². The molecule has 4 amide bonds. The lowest BCUT2D eigenvalue weighted by Crippen LogP contribution is -2.54. The van der Waals surface area contributed by atoms with Crippen LogP contribution in [0.1, 0.15) is 23.6 Å². The van der Waals surface area contributed by atoms with Crippen molar-refractivity contribution in [2.75, 3.05) is 11.5 Å². The Morgan fingerprint density at radius 3 is 2.57 bits per heavy atom. The molecule has 3 aromatic rings. The van der Waals surface area contributed by atoms with Crippen molar-refractivity contribution < 1.29 is 28.2 Å². The molecule has 4 rings (SSSR count). The Morgan fingerprint density at radius 2 is 1.84 bits per heavy atom. The van der Waals surface area contributed by atoms with Crippen LogP contribution in [0.2, 0.25) is 5.02 Å². The number of benzene rings is 3. The van der Waals surface area contributed by atoms with Gasteiger partial charge in [-0.05, 0) is 84.0 Å². The van der Waals surface area contributed by atoms with E-state index in [0.29, 0.717) is 43.4 Å². The van der Waals surface area contributed by atoms with Crippen LogP contribution in [0.5, 0.6) is 11.5 Å². The fourth-order valence-corrected chi connectivity index (χ4v) is 4.65. The molecule has 1 N–H and O–H groups in total. The van der Waals surface area contributed by atoms with Gasteiger partial charge in [-0.15, -0.1) is 0 Å². The molecule has 1 aliphatic heterocycles. The molecule has 1 heterocycles. The molecular formula is C27H21ClFIN2O5. The summed E-state index contributed by atoms with van der Waals surface area (Å²) in [5, 5.41) is 2.55. The number of hydrogen-bond donors (Lipinski definition) is 1. The zero-order valence-corrected chi connectivity index (χ0v) is 22.7. The second-order valence-electron chi connectivity index (χ2n) is 8.03. The number of rotatable bonds is 7. The molecule has 190 valence electrons. The summed E-state index contributed by atoms with van der Waals surface area (Å²) in [4.78, 5) is 39.4. The maximum atomic E-state index is 14.0. The lowest BCUT2D eigenvalue weighted by Gasteiger charge is -2.27. The van der Waals surface area contributed by atoms with E-state index < -0.39 is 17.8 Å². The summed E-state index contributed by atoms with van der Waals surface area (Å²) in [6.45, 7) is 3.83. The zero-order valence-electron chi connectivity index (χ0n) is 19.8. The number of carbonyl (C=O) groups excluding carboxylic acids is 3. The molecule has 1 saturated heterocycles. The van der Waals surface area contributed by atoms with Gasteiger partial charge in [0.1, 0.15) is 18.0 Å². The van der Waals surface area contributed by atoms with Crippen LogP contribution >= 0.6 is 34.2 Å². The number of amides is 4. The molecule has 3 aromatic carbocycles. The van der Waals surface area contributed by atoms with Gasteiger partial charge >= 0.3 is 6.03 Å². The van der Waals surface area contributed by atoms with Gasteiger partial charge in [-0.25, -0.2) is 14.1 Å². The number of urea groups is 1. The van der Waals surface area contributed by atoms with Gasteiger partial charge in [-0.1, -0.05) is 35.9 Å². The Hall–Kier alpha value is -3.44. The first-order valence-corrected chi connectivity index (χ1v) is 12.7. The fraction of sp³-hybridized carbons (Fsp3) is 0.148. The summed E-state index contributed by atoms with van der Waals surface area (Å²) in [7, 11) is 0. The number of aryl methyl sites for hydroxylation is 1. The number of imide groups is 2. The summed E-state index contributed by atoms with van der Waals surface area (Å²) in [6.07, 6.45) is 1.38. The first-order valence-electron chi connectivity index (χ1n) is 11.2. The first kappa shape index (κ1) is 26.6. The van der Waals surface area contributed by atoms with Crippen LogP contribution in [0.4, 0.5) is 14.9 Å². The van der Waals surface area contributed by atoms with Crippen LogP contribution in [0.3, 0.4) is 0 Å². The predicted molar refractivity (Wildman–Crippen MR) is 146 cm³/mol. The minimum atomic E-state index is -0.862. The quantitative estimate of drug-likeness (QED) is 0.195. The average Bonchev–Trinajstić information content (AvgIpc) is 2.84. The molecule has 1 aliphatic rings. The number of nitrogens with zero attached hydrogens (tertiary/aromatic N) is 1. The van der Waals surface area contributed by atoms with E-state index in [9.17, 15) is 18.8 Å². The molecule has 1 fully saturated rings. The van der Waals surface area contributed by atoms with E-state index in [1.165, 1.54) is 18.2 Å². The number of ether oxygens (including phenoxy) is 2. The van der Waals surface area contributed by atoms with Gasteiger partial charge in [0.25, 0.3) is 11.8 Å². The summed E-state index contributed by atoms with van der Waals surface area (Å²) in [5.41, 5.74) is 1.53. The Balaban J connectivity index is 1.69. The van der Waals surface area contributed by atoms with Crippen molar-refractivity contribution in [1.82, 2.24) is 5.32 Å². The highest BCUT2D eigenvalue weighted by Gasteiger charge is 2.37. The van der Waals surface area contributed by atoms with Gasteiger partial charge in [0.2, 0.25) is 0 Å². The van der Waals surface area contributed by atoms with Gasteiger partial charge in [-0.3, -0.25) is 14.9 Å². The average molecular weight is 635 g/mol. The van der Waals surface area contributed by atoms with E-state index in [1.807, 2.05) is 22.6 Å². The van der Waals surface area contributed by atoms with Crippen molar-refractivity contribution >= 4 is 63.8 Å². The molecule has 0 aliphatic carbocycles. The number of anilines is 1. The van der Waals surface area contributed by atoms with E-state index in [-0.39, 0.29) is 23.7 Å². The smallest absolute Gasteiger partial charge is 0.335 e. The lowest BCUT2D eigenvalue weighted by atomic mass is 10.1. The van der Waals surface area contributed by atoms with Crippen LogP contribution in [0, 0.1) is 16.3 Å². The number of carbonyl (C=O) groups is 3. The van der Waals surface area contributed by atoms with E-state index in [2.05, 4.69) is 5.32 Å². The van der Waals surface area contributed by atoms with Crippen molar-refractivity contribution in [3.63, 3.8) is 0 Å². The van der Waals surface area contributed by atoms with Crippen LogP contribution in [0.15, 0.2) is 60.2 Å². The normalized spacial score (nSPS) is 14.7. The molecule has 7 nitrogen and oxygen atoms in total. The molecule has 0 bridgehead atoms. The highest BCUT2D eigenvalue weighted by molar-refractivity contribution is 14.1. The maximum absolute atomic E-state index is 14.0. The Kier molecular flexibility index (Phi) is 8.13. The molecule has 0 spiro atoms. The first-order chi connectivity index (χ1) is 17.7. The number of nitrogens with one attached hydrogen (secondary N) is 1. The van der Waals surface area contributed by atoms with Gasteiger partial charge in [-0.2, -0.15) is 0 Å². The predicted octanol–water partition coefficient (Wildman–Crippen LogP) is 6.04. The van der Waals surface area contributed by atoms with Crippen LogP contribution in [-0.4, -0.2) is 24.5 Å². The molecule has 0 saturated carbocycles. The second kappa shape index (κ2) is 11.3. The van der Waals surface area contributed by atoms with Crippen molar-refractivity contribution in [1.29, 1.82) is 0 Å². The summed E-state index contributed by atoms with van der Waals surface area (Å²) >= 11 is 8.12. The lowest BCUT2D eigenvalue weighted by molar-refractivity contribution is -0.122. The Labute approximate surface area is 231 Å². The van der Waals surface area contributed by atoms with Crippen LogP contribution in [0.25, 0.3) is 6.08 Å². The summed E-state index contributed by atoms with van der Waals surface area (Å²) < 4.78 is 26.3. The van der Waals surface area contributed by atoms with Crippen LogP contribution in [-0.2, 0) is 16.2 Å².